The maximum absolute atomic E-state index is 6.64. The molecule has 5 heterocycles. The number of hydrogen-bond acceptors (Lipinski definition) is 4. The summed E-state index contributed by atoms with van der Waals surface area (Å²) in [6.45, 7) is 6.77. The summed E-state index contributed by atoms with van der Waals surface area (Å²) in [5, 5.41) is 6.66. The van der Waals surface area contributed by atoms with Gasteiger partial charge in [0.2, 0.25) is 0 Å². The van der Waals surface area contributed by atoms with Crippen LogP contribution in [-0.2, 0) is 5.41 Å². The van der Waals surface area contributed by atoms with Gasteiger partial charge in [-0.15, -0.1) is 0 Å². The van der Waals surface area contributed by atoms with Crippen molar-refractivity contribution in [2.45, 2.75) is 26.2 Å². The zero-order valence-electron chi connectivity index (χ0n) is 26.2. The number of benzene rings is 5. The van der Waals surface area contributed by atoms with Gasteiger partial charge in [-0.05, 0) is 94.5 Å². The zero-order valence-corrected chi connectivity index (χ0v) is 26.2. The summed E-state index contributed by atoms with van der Waals surface area (Å²) in [6.07, 6.45) is 3.77. The van der Waals surface area contributed by atoms with Crippen LogP contribution in [0.1, 0.15) is 26.3 Å². The number of nitrogens with zero attached hydrogens (tertiary/aromatic N) is 5. The molecule has 0 spiro atoms. The Hall–Kier alpha value is -6.01. The molecule has 10 rings (SSSR count). The van der Waals surface area contributed by atoms with Gasteiger partial charge in [-0.25, -0.2) is 9.97 Å². The van der Waals surface area contributed by atoms with Crippen LogP contribution in [0, 0.1) is 0 Å². The minimum Gasteiger partial charge on any atom is -0.457 e. The molecule has 0 fully saturated rings. The molecule has 0 aliphatic heterocycles. The Balaban J connectivity index is 1.19. The molecule has 6 nitrogen and oxygen atoms in total. The monoisotopic (exact) mass is 607 g/mol. The fourth-order valence-corrected chi connectivity index (χ4v) is 7.25. The van der Waals surface area contributed by atoms with Crippen molar-refractivity contribution in [1.82, 2.24) is 23.8 Å². The molecule has 0 saturated carbocycles. The third kappa shape index (κ3) is 3.75. The Morgan fingerprint density at radius 3 is 1.68 bits per heavy atom. The fraction of sp³-hybridized carbons (Fsp3) is 0.0976. The lowest BCUT2D eigenvalue weighted by molar-refractivity contribution is 0.484. The molecular formula is C41H29N5O. The molecule has 0 unspecified atom stereocenters. The molecule has 5 aromatic carbocycles. The van der Waals surface area contributed by atoms with Gasteiger partial charge in [-0.3, -0.25) is 13.8 Å². The second kappa shape index (κ2) is 9.27. The van der Waals surface area contributed by atoms with E-state index in [1.165, 1.54) is 10.9 Å². The van der Waals surface area contributed by atoms with Crippen molar-refractivity contribution in [1.29, 1.82) is 0 Å². The zero-order chi connectivity index (χ0) is 31.4. The smallest absolute Gasteiger partial charge is 0.146 e. The van der Waals surface area contributed by atoms with Gasteiger partial charge in [0.15, 0.2) is 0 Å². The van der Waals surface area contributed by atoms with Crippen molar-refractivity contribution >= 4 is 76.7 Å². The van der Waals surface area contributed by atoms with Gasteiger partial charge in [0.05, 0.1) is 39.3 Å². The van der Waals surface area contributed by atoms with E-state index < -0.39 is 0 Å². The molecule has 6 heteroatoms. The molecule has 0 amide bonds. The average Bonchev–Trinajstić information content (AvgIpc) is 3.68. The molecule has 0 atom stereocenters. The number of para-hydroxylation sites is 4. The van der Waals surface area contributed by atoms with Gasteiger partial charge in [-0.2, -0.15) is 0 Å². The summed E-state index contributed by atoms with van der Waals surface area (Å²) in [5.74, 6) is 1.50. The molecule has 0 aliphatic rings. The lowest BCUT2D eigenvalue weighted by Crippen LogP contribution is -2.11. The molecular weight excluding hydrogens is 578 g/mol. The molecule has 5 aromatic heterocycles. The van der Waals surface area contributed by atoms with Crippen molar-refractivity contribution in [3.8, 4) is 11.5 Å². The van der Waals surface area contributed by atoms with Gasteiger partial charge in [0.1, 0.15) is 22.8 Å². The minimum absolute atomic E-state index is 0.0290. The first-order chi connectivity index (χ1) is 22.9. The molecule has 10 aromatic rings. The molecule has 0 bridgehead atoms. The topological polar surface area (TPSA) is 56.7 Å². The Labute approximate surface area is 269 Å². The van der Waals surface area contributed by atoms with E-state index in [1.54, 1.807) is 0 Å². The van der Waals surface area contributed by atoms with Gasteiger partial charge < -0.3 is 4.74 Å². The fourth-order valence-electron chi connectivity index (χ4n) is 7.25. The largest absolute Gasteiger partial charge is 0.457 e. The van der Waals surface area contributed by atoms with E-state index in [4.69, 9.17) is 14.7 Å². The summed E-state index contributed by atoms with van der Waals surface area (Å²) in [5.41, 5.74) is 9.41. The van der Waals surface area contributed by atoms with E-state index in [0.29, 0.717) is 0 Å². The highest BCUT2D eigenvalue weighted by atomic mass is 16.5. The highest BCUT2D eigenvalue weighted by Gasteiger charge is 2.19. The van der Waals surface area contributed by atoms with Gasteiger partial charge in [-0.1, -0.05) is 57.2 Å². The molecule has 47 heavy (non-hydrogen) atoms. The van der Waals surface area contributed by atoms with E-state index >= 15 is 0 Å². The van der Waals surface area contributed by atoms with Crippen LogP contribution >= 0.6 is 0 Å². The maximum atomic E-state index is 6.64. The number of ether oxygens (including phenoxy) is 1. The highest BCUT2D eigenvalue weighted by Crippen LogP contribution is 2.39. The molecule has 0 N–H and O–H groups in total. The first-order valence-corrected chi connectivity index (χ1v) is 15.9. The van der Waals surface area contributed by atoms with Crippen LogP contribution in [-0.4, -0.2) is 23.8 Å². The van der Waals surface area contributed by atoms with Crippen molar-refractivity contribution in [2.75, 3.05) is 0 Å². The summed E-state index contributed by atoms with van der Waals surface area (Å²) in [4.78, 5) is 14.6. The maximum Gasteiger partial charge on any atom is 0.146 e. The Kier molecular flexibility index (Phi) is 5.17. The Morgan fingerprint density at radius 1 is 0.511 bits per heavy atom. The van der Waals surface area contributed by atoms with Crippen LogP contribution in [0.25, 0.3) is 76.7 Å². The first kappa shape index (κ1) is 26.2. The van der Waals surface area contributed by atoms with Crippen molar-refractivity contribution in [3.05, 3.63) is 127 Å². The first-order valence-electron chi connectivity index (χ1n) is 15.9. The van der Waals surface area contributed by atoms with E-state index in [2.05, 4.69) is 126 Å². The van der Waals surface area contributed by atoms with Crippen molar-refractivity contribution in [3.63, 3.8) is 0 Å². The van der Waals surface area contributed by atoms with Crippen molar-refractivity contribution in [2.24, 2.45) is 0 Å². The Bertz CT molecular complexity index is 2930. The summed E-state index contributed by atoms with van der Waals surface area (Å²) in [6, 6.07) is 38.2. The molecule has 0 saturated heterocycles. The SMILES string of the molecule is CC(C)(C)c1ccc2c3ccc(Oc4ccc5c6ccncc6n6c7ccccc7nc6c5c4)cc3c3nc4ccccc4n3c2c1. The number of fused-ring (bicyclic) bond motifs is 16. The van der Waals surface area contributed by atoms with Gasteiger partial charge in [0.25, 0.3) is 0 Å². The standard InChI is InChI=1S/C41H29N5O/c1-41(2,3)24-12-15-29-27-16-13-25(21-31(27)39-43-33-8-4-6-10-35(33)45(39)37(29)20-24)47-26-14-17-28-30-18-19-42-23-38(30)46-36-11-7-5-9-34(36)44-40(46)32(28)22-26/h4-23H,1-3H3. The normalized spacial score (nSPS) is 12.6. The second-order valence-electron chi connectivity index (χ2n) is 13.4. The minimum atomic E-state index is 0.0290. The van der Waals surface area contributed by atoms with Crippen LogP contribution in [0.4, 0.5) is 0 Å². The summed E-state index contributed by atoms with van der Waals surface area (Å²) in [7, 11) is 0. The summed E-state index contributed by atoms with van der Waals surface area (Å²) < 4.78 is 11.2. The van der Waals surface area contributed by atoms with Crippen molar-refractivity contribution < 1.29 is 4.74 Å². The molecule has 0 aliphatic carbocycles. The van der Waals surface area contributed by atoms with E-state index in [9.17, 15) is 0 Å². The van der Waals surface area contributed by atoms with Crippen LogP contribution in [0.5, 0.6) is 11.5 Å². The number of pyridine rings is 3. The summed E-state index contributed by atoms with van der Waals surface area (Å²) >= 11 is 0. The number of imidazole rings is 2. The van der Waals surface area contributed by atoms with Gasteiger partial charge >= 0.3 is 0 Å². The van der Waals surface area contributed by atoms with E-state index in [1.807, 2.05) is 30.6 Å². The lowest BCUT2D eigenvalue weighted by Gasteiger charge is -2.20. The van der Waals surface area contributed by atoms with E-state index in [-0.39, 0.29) is 5.41 Å². The molecule has 224 valence electrons. The number of hydrogen-bond donors (Lipinski definition) is 0. The van der Waals surface area contributed by atoms with Crippen LogP contribution in [0.15, 0.2) is 122 Å². The third-order valence-electron chi connectivity index (χ3n) is 9.55. The highest BCUT2D eigenvalue weighted by molar-refractivity contribution is 6.15. The van der Waals surface area contributed by atoms with Crippen LogP contribution in [0.3, 0.4) is 0 Å². The molecule has 0 radical (unpaired) electrons. The Morgan fingerprint density at radius 2 is 1.06 bits per heavy atom. The predicted octanol–water partition coefficient (Wildman–Crippen LogP) is 10.4. The predicted molar refractivity (Wildman–Crippen MR) is 192 cm³/mol. The van der Waals surface area contributed by atoms with Crippen LogP contribution < -0.4 is 4.74 Å². The third-order valence-corrected chi connectivity index (χ3v) is 9.55. The van der Waals surface area contributed by atoms with E-state index in [0.717, 1.165) is 82.8 Å². The lowest BCUT2D eigenvalue weighted by atomic mass is 9.86. The quantitative estimate of drug-likeness (QED) is 0.184. The van der Waals surface area contributed by atoms with Crippen LogP contribution in [0.2, 0.25) is 0 Å². The average molecular weight is 608 g/mol. The number of aromatic nitrogens is 5. The number of rotatable bonds is 2. The second-order valence-corrected chi connectivity index (χ2v) is 13.4. The van der Waals surface area contributed by atoms with Gasteiger partial charge in [0, 0.05) is 27.7 Å².